The third kappa shape index (κ3) is 2.90. The first kappa shape index (κ1) is 16.9. The van der Waals surface area contributed by atoms with Crippen LogP contribution >= 0.6 is 0 Å². The highest BCUT2D eigenvalue weighted by molar-refractivity contribution is 5.82. The molecule has 2 aromatic heterocycles. The van der Waals surface area contributed by atoms with Crippen molar-refractivity contribution in [2.75, 3.05) is 11.9 Å². The molecule has 1 aromatic carbocycles. The molecule has 136 valence electrons. The van der Waals surface area contributed by atoms with E-state index in [9.17, 15) is 15.3 Å². The van der Waals surface area contributed by atoms with Crippen LogP contribution in [-0.4, -0.2) is 59.8 Å². The van der Waals surface area contributed by atoms with Gasteiger partial charge in [-0.05, 0) is 5.56 Å². The summed E-state index contributed by atoms with van der Waals surface area (Å²) in [4.78, 5) is 12.8. The van der Waals surface area contributed by atoms with Crippen LogP contribution in [0.1, 0.15) is 11.8 Å². The van der Waals surface area contributed by atoms with Gasteiger partial charge < -0.3 is 25.4 Å². The molecule has 26 heavy (non-hydrogen) atoms. The van der Waals surface area contributed by atoms with E-state index >= 15 is 0 Å². The molecule has 0 aliphatic carbocycles. The number of benzene rings is 1. The van der Waals surface area contributed by atoms with Gasteiger partial charge in [0.2, 0.25) is 0 Å². The molecule has 1 aliphatic rings. The Balaban J connectivity index is 1.61. The van der Waals surface area contributed by atoms with Gasteiger partial charge in [-0.15, -0.1) is 0 Å². The minimum Gasteiger partial charge on any atom is -0.394 e. The smallest absolute Gasteiger partial charge is 0.167 e. The van der Waals surface area contributed by atoms with E-state index in [0.717, 1.165) is 5.56 Å². The van der Waals surface area contributed by atoms with Gasteiger partial charge in [0.25, 0.3) is 0 Å². The molecular formula is C17H19N5O4. The summed E-state index contributed by atoms with van der Waals surface area (Å²) in [6, 6.07) is 9.88. The predicted molar refractivity (Wildman–Crippen MR) is 92.1 cm³/mol. The first-order valence-corrected chi connectivity index (χ1v) is 8.27. The number of nitrogens with one attached hydrogen (secondary N) is 1. The molecule has 4 atom stereocenters. The zero-order chi connectivity index (χ0) is 18.1. The van der Waals surface area contributed by atoms with Gasteiger partial charge in [0.1, 0.15) is 24.6 Å². The lowest BCUT2D eigenvalue weighted by Gasteiger charge is -2.16. The van der Waals surface area contributed by atoms with Crippen LogP contribution in [0.4, 0.5) is 5.82 Å². The third-order valence-electron chi connectivity index (χ3n) is 4.45. The molecule has 4 N–H and O–H groups in total. The summed E-state index contributed by atoms with van der Waals surface area (Å²) in [6.07, 6.45) is -1.24. The molecule has 1 aliphatic heterocycles. The van der Waals surface area contributed by atoms with Crippen molar-refractivity contribution in [1.82, 2.24) is 19.5 Å². The number of rotatable bonds is 5. The number of hydrogen-bond donors (Lipinski definition) is 4. The average Bonchev–Trinajstić information content (AvgIpc) is 3.23. The number of ether oxygens (including phenoxy) is 1. The van der Waals surface area contributed by atoms with Crippen LogP contribution in [0.3, 0.4) is 0 Å². The number of aromatic nitrogens is 4. The van der Waals surface area contributed by atoms with Gasteiger partial charge in [0.15, 0.2) is 23.2 Å². The van der Waals surface area contributed by atoms with Gasteiger partial charge in [-0.2, -0.15) is 0 Å². The summed E-state index contributed by atoms with van der Waals surface area (Å²) in [5.41, 5.74) is 2.09. The van der Waals surface area contributed by atoms with Crippen molar-refractivity contribution in [3.63, 3.8) is 0 Å². The predicted octanol–water partition coefficient (Wildman–Crippen LogP) is 0.0499. The molecule has 9 heteroatoms. The Labute approximate surface area is 148 Å². The number of aliphatic hydroxyl groups is 3. The molecule has 3 aromatic rings. The Morgan fingerprint density at radius 1 is 1.08 bits per heavy atom. The Morgan fingerprint density at radius 2 is 1.88 bits per heavy atom. The van der Waals surface area contributed by atoms with Gasteiger partial charge in [0, 0.05) is 6.54 Å². The summed E-state index contributed by atoms with van der Waals surface area (Å²) in [5, 5.41) is 32.6. The molecule has 3 heterocycles. The van der Waals surface area contributed by atoms with Gasteiger partial charge >= 0.3 is 0 Å². The van der Waals surface area contributed by atoms with E-state index < -0.39 is 24.5 Å². The molecule has 4 rings (SSSR count). The van der Waals surface area contributed by atoms with E-state index in [1.54, 1.807) is 0 Å². The van der Waals surface area contributed by atoms with Crippen molar-refractivity contribution >= 4 is 17.0 Å². The zero-order valence-corrected chi connectivity index (χ0v) is 13.8. The van der Waals surface area contributed by atoms with Crippen molar-refractivity contribution in [2.24, 2.45) is 0 Å². The van der Waals surface area contributed by atoms with Gasteiger partial charge in [-0.1, -0.05) is 30.3 Å². The van der Waals surface area contributed by atoms with E-state index in [1.807, 2.05) is 30.3 Å². The fourth-order valence-corrected chi connectivity index (χ4v) is 3.06. The van der Waals surface area contributed by atoms with Crippen LogP contribution < -0.4 is 5.32 Å². The normalized spacial score (nSPS) is 25.7. The van der Waals surface area contributed by atoms with Crippen molar-refractivity contribution in [2.45, 2.75) is 31.1 Å². The maximum Gasteiger partial charge on any atom is 0.167 e. The molecule has 0 radical (unpaired) electrons. The highest BCUT2D eigenvalue weighted by Crippen LogP contribution is 2.32. The Hall–Kier alpha value is -2.59. The van der Waals surface area contributed by atoms with E-state index in [-0.39, 0.29) is 6.61 Å². The van der Waals surface area contributed by atoms with E-state index in [2.05, 4.69) is 20.3 Å². The summed E-state index contributed by atoms with van der Waals surface area (Å²) >= 11 is 0. The molecule has 0 saturated carbocycles. The summed E-state index contributed by atoms with van der Waals surface area (Å²) < 4.78 is 7.08. The van der Waals surface area contributed by atoms with Crippen molar-refractivity contribution in [1.29, 1.82) is 0 Å². The van der Waals surface area contributed by atoms with E-state index in [1.165, 1.54) is 17.2 Å². The number of anilines is 1. The fourth-order valence-electron chi connectivity index (χ4n) is 3.06. The largest absolute Gasteiger partial charge is 0.394 e. The number of nitrogens with zero attached hydrogens (tertiary/aromatic N) is 4. The summed E-state index contributed by atoms with van der Waals surface area (Å²) in [6.45, 7) is 0.188. The number of aliphatic hydroxyl groups excluding tert-OH is 3. The second kappa shape index (κ2) is 6.96. The van der Waals surface area contributed by atoms with Crippen molar-refractivity contribution in [3.8, 4) is 0 Å². The molecule has 0 bridgehead atoms. The first-order chi connectivity index (χ1) is 12.7. The number of fused-ring (bicyclic) bond motifs is 1. The van der Waals surface area contributed by atoms with Crippen LogP contribution in [0.15, 0.2) is 43.0 Å². The first-order valence-electron chi connectivity index (χ1n) is 8.27. The number of imidazole rings is 1. The standard InChI is InChI=1S/C17H19N5O4/c23-7-11-13(24)14(25)17(26-11)22-9-21-12-15(19-8-20-16(12)22)18-6-10-4-2-1-3-5-10/h1-5,8-9,11,13-14,17,23-25H,6-7H2,(H,18,19,20)/t11-,13?,14?,17-/m1/s1. The Kier molecular flexibility index (Phi) is 4.51. The quantitative estimate of drug-likeness (QED) is 0.505. The SMILES string of the molecule is OC[C@H]1O[C@@H](n2cnc3c(NCc4ccccc4)ncnc32)C(O)C1O. The molecular weight excluding hydrogens is 338 g/mol. The lowest BCUT2D eigenvalue weighted by Crippen LogP contribution is -2.33. The van der Waals surface area contributed by atoms with Gasteiger partial charge in [0.05, 0.1) is 12.9 Å². The number of hydrogen-bond acceptors (Lipinski definition) is 8. The molecule has 1 saturated heterocycles. The Morgan fingerprint density at radius 3 is 2.62 bits per heavy atom. The van der Waals surface area contributed by atoms with Gasteiger partial charge in [-0.3, -0.25) is 4.57 Å². The van der Waals surface area contributed by atoms with E-state index in [0.29, 0.717) is 23.5 Å². The minimum absolute atomic E-state index is 0.389. The van der Waals surface area contributed by atoms with Crippen LogP contribution in [0.2, 0.25) is 0 Å². The highest BCUT2D eigenvalue weighted by atomic mass is 16.6. The van der Waals surface area contributed by atoms with Crippen molar-refractivity contribution < 1.29 is 20.1 Å². The monoisotopic (exact) mass is 357 g/mol. The zero-order valence-electron chi connectivity index (χ0n) is 13.8. The lowest BCUT2D eigenvalue weighted by molar-refractivity contribution is -0.0511. The lowest BCUT2D eigenvalue weighted by atomic mass is 10.1. The average molecular weight is 357 g/mol. The molecule has 0 amide bonds. The topological polar surface area (TPSA) is 126 Å². The summed E-state index contributed by atoms with van der Waals surface area (Å²) in [7, 11) is 0. The molecule has 1 fully saturated rings. The minimum atomic E-state index is -1.19. The van der Waals surface area contributed by atoms with Crippen LogP contribution in [0.5, 0.6) is 0 Å². The third-order valence-corrected chi connectivity index (χ3v) is 4.45. The maximum atomic E-state index is 10.2. The second-order valence-corrected chi connectivity index (χ2v) is 6.11. The van der Waals surface area contributed by atoms with Crippen LogP contribution in [0.25, 0.3) is 11.2 Å². The van der Waals surface area contributed by atoms with Crippen LogP contribution in [-0.2, 0) is 11.3 Å². The van der Waals surface area contributed by atoms with Gasteiger partial charge in [-0.25, -0.2) is 15.0 Å². The highest BCUT2D eigenvalue weighted by Gasteiger charge is 2.44. The molecule has 0 spiro atoms. The second-order valence-electron chi connectivity index (χ2n) is 6.11. The van der Waals surface area contributed by atoms with E-state index in [4.69, 9.17) is 4.74 Å². The fraction of sp³-hybridized carbons (Fsp3) is 0.353. The molecule has 2 unspecified atom stereocenters. The maximum absolute atomic E-state index is 10.2. The molecule has 9 nitrogen and oxygen atoms in total. The van der Waals surface area contributed by atoms with Crippen molar-refractivity contribution in [3.05, 3.63) is 48.5 Å². The Bertz CT molecular complexity index is 887. The van der Waals surface area contributed by atoms with Crippen LogP contribution in [0, 0.1) is 0 Å². The summed E-state index contributed by atoms with van der Waals surface area (Å²) in [5.74, 6) is 0.560.